The van der Waals surface area contributed by atoms with Gasteiger partial charge in [-0.2, -0.15) is 0 Å². The van der Waals surface area contributed by atoms with Gasteiger partial charge in [-0.3, -0.25) is 4.98 Å². The van der Waals surface area contributed by atoms with Crippen molar-refractivity contribution in [1.29, 1.82) is 0 Å². The Hall–Kier alpha value is -2.18. The zero-order valence-electron chi connectivity index (χ0n) is 10.3. The van der Waals surface area contributed by atoms with Crippen LogP contribution in [0.1, 0.15) is 15.9 Å². The number of carbonyl (C=O) groups is 1. The second-order valence-electron chi connectivity index (χ2n) is 4.01. The molecular formula is C13H12BNO4. The van der Waals surface area contributed by atoms with Gasteiger partial charge in [0.1, 0.15) is 5.75 Å². The number of carbonyl (C=O) groups excluding carboxylic acids is 1. The average Bonchev–Trinajstić information content (AvgIpc) is 2.41. The number of esters is 1. The number of aromatic nitrogens is 1. The summed E-state index contributed by atoms with van der Waals surface area (Å²) >= 11 is 0. The molecule has 1 aromatic carbocycles. The summed E-state index contributed by atoms with van der Waals surface area (Å²) in [6.07, 6.45) is 1.37. The van der Waals surface area contributed by atoms with Crippen molar-refractivity contribution in [3.8, 4) is 5.75 Å². The van der Waals surface area contributed by atoms with Gasteiger partial charge in [-0.05, 0) is 31.2 Å². The Kier molecular flexibility index (Phi) is 3.94. The van der Waals surface area contributed by atoms with E-state index in [4.69, 9.17) is 14.8 Å². The molecule has 0 aliphatic carbocycles. The summed E-state index contributed by atoms with van der Waals surface area (Å²) in [4.78, 5) is 15.7. The Labute approximate surface area is 110 Å². The maximum atomic E-state index is 11.9. The normalized spacial score (nSPS) is 10.1. The third-order valence-electron chi connectivity index (χ3n) is 2.53. The standard InChI is InChI=1S/C13H12BNO4/c1-9-4-6-10(7-5-9)19-13(16)11-3-2-8-15-12(11)14(17)18/h2-8,17-18H,1H3. The van der Waals surface area contributed by atoms with E-state index in [1.54, 1.807) is 12.1 Å². The lowest BCUT2D eigenvalue weighted by Crippen LogP contribution is -2.38. The molecule has 1 aromatic heterocycles. The Morgan fingerprint density at radius 1 is 1.21 bits per heavy atom. The third kappa shape index (κ3) is 3.18. The van der Waals surface area contributed by atoms with E-state index in [9.17, 15) is 4.79 Å². The predicted molar refractivity (Wildman–Crippen MR) is 70.2 cm³/mol. The fourth-order valence-electron chi connectivity index (χ4n) is 1.56. The molecule has 0 aliphatic rings. The van der Waals surface area contributed by atoms with E-state index < -0.39 is 13.1 Å². The lowest BCUT2D eigenvalue weighted by molar-refractivity contribution is 0.0735. The number of ether oxygens (including phenoxy) is 1. The molecule has 0 bridgehead atoms. The van der Waals surface area contributed by atoms with Crippen molar-refractivity contribution >= 4 is 18.7 Å². The predicted octanol–water partition coefficient (Wildman–Crippen LogP) is 0.289. The number of pyridine rings is 1. The second kappa shape index (κ2) is 5.64. The number of nitrogens with zero attached hydrogens (tertiary/aromatic N) is 1. The molecule has 2 aromatic rings. The van der Waals surface area contributed by atoms with Gasteiger partial charge in [0.15, 0.2) is 0 Å². The minimum atomic E-state index is -1.82. The largest absolute Gasteiger partial charge is 0.509 e. The summed E-state index contributed by atoms with van der Waals surface area (Å²) in [5, 5.41) is 18.3. The van der Waals surface area contributed by atoms with Gasteiger partial charge in [-0.1, -0.05) is 17.7 Å². The van der Waals surface area contributed by atoms with Crippen LogP contribution in [0.25, 0.3) is 0 Å². The van der Waals surface area contributed by atoms with Crippen molar-refractivity contribution in [2.75, 3.05) is 0 Å². The summed E-state index contributed by atoms with van der Waals surface area (Å²) in [5.41, 5.74) is 0.949. The summed E-state index contributed by atoms with van der Waals surface area (Å²) < 4.78 is 5.15. The van der Waals surface area contributed by atoms with Gasteiger partial charge in [-0.25, -0.2) is 4.79 Å². The number of aryl methyl sites for hydroxylation is 1. The van der Waals surface area contributed by atoms with Crippen LogP contribution in [0, 0.1) is 6.92 Å². The van der Waals surface area contributed by atoms with Crippen LogP contribution in [0.4, 0.5) is 0 Å². The van der Waals surface area contributed by atoms with Crippen molar-refractivity contribution in [3.63, 3.8) is 0 Å². The summed E-state index contributed by atoms with van der Waals surface area (Å²) in [6.45, 7) is 1.92. The first-order valence-electron chi connectivity index (χ1n) is 5.68. The smallest absolute Gasteiger partial charge is 0.423 e. The second-order valence-corrected chi connectivity index (χ2v) is 4.01. The number of rotatable bonds is 3. The van der Waals surface area contributed by atoms with Gasteiger partial charge >= 0.3 is 13.1 Å². The van der Waals surface area contributed by atoms with Crippen LogP contribution in [-0.2, 0) is 0 Å². The van der Waals surface area contributed by atoms with Crippen molar-refractivity contribution in [1.82, 2.24) is 4.98 Å². The zero-order valence-corrected chi connectivity index (χ0v) is 10.3. The Bertz CT molecular complexity index is 583. The maximum Gasteiger partial charge on any atom is 0.509 e. The van der Waals surface area contributed by atoms with E-state index in [0.29, 0.717) is 5.75 Å². The van der Waals surface area contributed by atoms with Crippen molar-refractivity contribution < 1.29 is 19.6 Å². The van der Waals surface area contributed by atoms with E-state index in [2.05, 4.69) is 4.98 Å². The minimum absolute atomic E-state index is 0.0260. The summed E-state index contributed by atoms with van der Waals surface area (Å²) in [6, 6.07) is 9.91. The molecule has 0 amide bonds. The highest BCUT2D eigenvalue weighted by molar-refractivity contribution is 6.59. The van der Waals surface area contributed by atoms with E-state index in [0.717, 1.165) is 5.56 Å². The molecule has 0 spiro atoms. The van der Waals surface area contributed by atoms with Crippen LogP contribution < -0.4 is 10.3 Å². The molecule has 6 heteroatoms. The minimum Gasteiger partial charge on any atom is -0.423 e. The summed E-state index contributed by atoms with van der Waals surface area (Å²) in [7, 11) is -1.82. The monoisotopic (exact) mass is 257 g/mol. The van der Waals surface area contributed by atoms with Crippen LogP contribution >= 0.6 is 0 Å². The molecule has 0 fully saturated rings. The molecule has 96 valence electrons. The third-order valence-corrected chi connectivity index (χ3v) is 2.53. The number of benzene rings is 1. The Balaban J connectivity index is 2.23. The first-order chi connectivity index (χ1) is 9.08. The van der Waals surface area contributed by atoms with Crippen LogP contribution in [0.3, 0.4) is 0 Å². The first kappa shape index (κ1) is 13.3. The zero-order chi connectivity index (χ0) is 13.8. The van der Waals surface area contributed by atoms with Crippen LogP contribution in [-0.4, -0.2) is 28.1 Å². The van der Waals surface area contributed by atoms with Gasteiger partial charge < -0.3 is 14.8 Å². The summed E-state index contributed by atoms with van der Waals surface area (Å²) in [5.74, 6) is -0.294. The molecule has 0 atom stereocenters. The van der Waals surface area contributed by atoms with Crippen molar-refractivity contribution in [2.45, 2.75) is 6.92 Å². The quantitative estimate of drug-likeness (QED) is 0.469. The molecule has 0 radical (unpaired) electrons. The molecule has 5 nitrogen and oxygen atoms in total. The topological polar surface area (TPSA) is 79.7 Å². The van der Waals surface area contributed by atoms with Gasteiger partial charge in [0, 0.05) is 6.20 Å². The molecule has 0 saturated carbocycles. The molecule has 2 rings (SSSR count). The van der Waals surface area contributed by atoms with Gasteiger partial charge in [0.2, 0.25) is 0 Å². The molecule has 1 heterocycles. The number of hydrogen-bond acceptors (Lipinski definition) is 5. The highest BCUT2D eigenvalue weighted by atomic mass is 16.5. The Morgan fingerprint density at radius 2 is 1.89 bits per heavy atom. The van der Waals surface area contributed by atoms with Crippen molar-refractivity contribution in [2.24, 2.45) is 0 Å². The molecule has 0 aliphatic heterocycles. The average molecular weight is 257 g/mol. The van der Waals surface area contributed by atoms with Crippen LogP contribution in [0.2, 0.25) is 0 Å². The lowest BCUT2D eigenvalue weighted by Gasteiger charge is -2.07. The lowest BCUT2D eigenvalue weighted by atomic mass is 9.82. The molecule has 19 heavy (non-hydrogen) atoms. The van der Waals surface area contributed by atoms with E-state index in [1.807, 2.05) is 19.1 Å². The fraction of sp³-hybridized carbons (Fsp3) is 0.0769. The van der Waals surface area contributed by atoms with E-state index >= 15 is 0 Å². The van der Waals surface area contributed by atoms with Gasteiger partial charge in [0.05, 0.1) is 11.2 Å². The van der Waals surface area contributed by atoms with Crippen molar-refractivity contribution in [3.05, 3.63) is 53.7 Å². The SMILES string of the molecule is Cc1ccc(OC(=O)c2cccnc2B(O)O)cc1. The molecular weight excluding hydrogens is 245 g/mol. The maximum absolute atomic E-state index is 11.9. The van der Waals surface area contributed by atoms with Crippen LogP contribution in [0.15, 0.2) is 42.6 Å². The highest BCUT2D eigenvalue weighted by Gasteiger charge is 2.23. The highest BCUT2D eigenvalue weighted by Crippen LogP contribution is 2.13. The molecule has 2 N–H and O–H groups in total. The first-order valence-corrected chi connectivity index (χ1v) is 5.68. The fourth-order valence-corrected chi connectivity index (χ4v) is 1.56. The van der Waals surface area contributed by atoms with Gasteiger partial charge in [-0.15, -0.1) is 0 Å². The van der Waals surface area contributed by atoms with Gasteiger partial charge in [0.25, 0.3) is 0 Å². The number of hydrogen-bond donors (Lipinski definition) is 2. The van der Waals surface area contributed by atoms with E-state index in [-0.39, 0.29) is 11.2 Å². The van der Waals surface area contributed by atoms with E-state index in [1.165, 1.54) is 18.3 Å². The Morgan fingerprint density at radius 3 is 2.53 bits per heavy atom. The molecule has 0 saturated heterocycles. The van der Waals surface area contributed by atoms with Crippen LogP contribution in [0.5, 0.6) is 5.75 Å². The molecule has 0 unspecified atom stereocenters.